The Kier molecular flexibility index (Phi) is 7.49. The summed E-state index contributed by atoms with van der Waals surface area (Å²) in [5.41, 5.74) is -0.351. The minimum absolute atomic E-state index is 0.0844. The van der Waals surface area contributed by atoms with E-state index in [0.717, 1.165) is 5.56 Å². The van der Waals surface area contributed by atoms with Crippen molar-refractivity contribution in [1.29, 1.82) is 0 Å². The molecule has 1 aliphatic heterocycles. The fourth-order valence-electron chi connectivity index (χ4n) is 4.61. The maximum Gasteiger partial charge on any atom is 0.325 e. The molecule has 2 heterocycles. The Morgan fingerprint density at radius 3 is 1.94 bits per heavy atom. The van der Waals surface area contributed by atoms with Crippen LogP contribution in [0.4, 0.5) is 5.69 Å². The number of hydroxylamine groups is 1. The maximum atomic E-state index is 13.5. The summed E-state index contributed by atoms with van der Waals surface area (Å²) in [7, 11) is 5.66. The summed E-state index contributed by atoms with van der Waals surface area (Å²) < 4.78 is 26.7. The predicted octanol–water partition coefficient (Wildman–Crippen LogP) is 4.64. The van der Waals surface area contributed by atoms with Crippen LogP contribution in [-0.4, -0.2) is 40.4 Å². The Bertz CT molecular complexity index is 1140. The summed E-state index contributed by atoms with van der Waals surface area (Å²) in [4.78, 5) is 33.5. The highest BCUT2D eigenvalue weighted by atomic mass is 16.7. The summed E-state index contributed by atoms with van der Waals surface area (Å²) >= 11 is 0. The molecule has 0 aliphatic carbocycles. The van der Waals surface area contributed by atoms with Gasteiger partial charge in [-0.1, -0.05) is 12.1 Å². The van der Waals surface area contributed by atoms with E-state index < -0.39 is 29.5 Å². The van der Waals surface area contributed by atoms with Gasteiger partial charge in [0.05, 0.1) is 40.4 Å². The molecular formula is C27H29NO8. The standard InChI is InChI=1S/C27H29NO8/c1-31-20-11-7-18(8-12-20)22-15-16-27(25(29)33-3,26(30)34-4)24(23-6-5-17-35-23)28(36-22)19-9-13-21(32-2)14-10-19/h5-14,17,22,24H,15-16H2,1-4H3/t22-,24-/m1/s1. The smallest absolute Gasteiger partial charge is 0.325 e. The Labute approximate surface area is 209 Å². The number of carbonyl (C=O) groups excluding carboxylic acids is 2. The lowest BCUT2D eigenvalue weighted by Crippen LogP contribution is -2.51. The molecule has 1 aromatic heterocycles. The molecule has 0 spiro atoms. The first-order valence-corrected chi connectivity index (χ1v) is 11.4. The van der Waals surface area contributed by atoms with Gasteiger partial charge in [0.25, 0.3) is 0 Å². The van der Waals surface area contributed by atoms with E-state index in [1.807, 2.05) is 24.3 Å². The van der Waals surface area contributed by atoms with Crippen molar-refractivity contribution in [2.45, 2.75) is 25.0 Å². The summed E-state index contributed by atoms with van der Waals surface area (Å²) in [6.45, 7) is 0. The first-order chi connectivity index (χ1) is 17.5. The van der Waals surface area contributed by atoms with Crippen LogP contribution < -0.4 is 14.5 Å². The van der Waals surface area contributed by atoms with Gasteiger partial charge in [0.1, 0.15) is 29.4 Å². The summed E-state index contributed by atoms with van der Waals surface area (Å²) in [5, 5.41) is 1.54. The fourth-order valence-corrected chi connectivity index (χ4v) is 4.61. The Balaban J connectivity index is 1.92. The molecule has 190 valence electrons. The lowest BCUT2D eigenvalue weighted by Gasteiger charge is -2.39. The van der Waals surface area contributed by atoms with Gasteiger partial charge in [0.2, 0.25) is 0 Å². The quantitative estimate of drug-likeness (QED) is 0.343. The first kappa shape index (κ1) is 25.1. The van der Waals surface area contributed by atoms with Crippen molar-refractivity contribution in [1.82, 2.24) is 0 Å². The molecule has 0 amide bonds. The van der Waals surface area contributed by atoms with E-state index in [0.29, 0.717) is 29.4 Å². The van der Waals surface area contributed by atoms with Gasteiger partial charge in [-0.05, 0) is 66.9 Å². The molecule has 0 saturated carbocycles. The molecule has 3 aromatic rings. The van der Waals surface area contributed by atoms with Crippen molar-refractivity contribution in [2.75, 3.05) is 33.5 Å². The molecule has 0 bridgehead atoms. The lowest BCUT2D eigenvalue weighted by atomic mass is 9.74. The number of hydrogen-bond acceptors (Lipinski definition) is 9. The number of carbonyl (C=O) groups is 2. The third kappa shape index (κ3) is 4.49. The number of hydrogen-bond donors (Lipinski definition) is 0. The molecule has 4 rings (SSSR count). The largest absolute Gasteiger partial charge is 0.497 e. The lowest BCUT2D eigenvalue weighted by molar-refractivity contribution is -0.173. The molecule has 2 aromatic carbocycles. The van der Waals surface area contributed by atoms with E-state index in [9.17, 15) is 9.59 Å². The second-order valence-electron chi connectivity index (χ2n) is 8.30. The van der Waals surface area contributed by atoms with Crippen LogP contribution >= 0.6 is 0 Å². The van der Waals surface area contributed by atoms with Crippen LogP contribution in [0.5, 0.6) is 11.5 Å². The van der Waals surface area contributed by atoms with Crippen molar-refractivity contribution in [2.24, 2.45) is 5.41 Å². The summed E-state index contributed by atoms with van der Waals surface area (Å²) in [5.74, 6) is 0.201. The van der Waals surface area contributed by atoms with Gasteiger partial charge in [-0.15, -0.1) is 0 Å². The molecule has 0 radical (unpaired) electrons. The second-order valence-corrected chi connectivity index (χ2v) is 8.30. The molecule has 0 N–H and O–H groups in total. The minimum atomic E-state index is -1.78. The topological polar surface area (TPSA) is 96.7 Å². The van der Waals surface area contributed by atoms with E-state index >= 15 is 0 Å². The molecular weight excluding hydrogens is 466 g/mol. The van der Waals surface area contributed by atoms with Gasteiger partial charge in [0, 0.05) is 0 Å². The predicted molar refractivity (Wildman–Crippen MR) is 129 cm³/mol. The highest BCUT2D eigenvalue weighted by Gasteiger charge is 2.60. The van der Waals surface area contributed by atoms with Gasteiger partial charge in [-0.25, -0.2) is 5.06 Å². The van der Waals surface area contributed by atoms with E-state index in [1.54, 1.807) is 50.6 Å². The summed E-state index contributed by atoms with van der Waals surface area (Å²) in [6, 6.07) is 16.9. The van der Waals surface area contributed by atoms with Crippen LogP contribution in [0.1, 0.15) is 36.3 Å². The summed E-state index contributed by atoms with van der Waals surface area (Å²) in [6.07, 6.45) is 1.38. The SMILES string of the molecule is COC(=O)C1(C(=O)OC)CC[C@H](c2ccc(OC)cc2)ON(c2ccc(OC)cc2)[C@@H]1c1ccco1. The van der Waals surface area contributed by atoms with Crippen molar-refractivity contribution >= 4 is 17.6 Å². The zero-order valence-corrected chi connectivity index (χ0v) is 20.6. The third-order valence-corrected chi connectivity index (χ3v) is 6.47. The minimum Gasteiger partial charge on any atom is -0.497 e. The zero-order valence-electron chi connectivity index (χ0n) is 20.6. The number of furan rings is 1. The van der Waals surface area contributed by atoms with Crippen LogP contribution in [0.3, 0.4) is 0 Å². The van der Waals surface area contributed by atoms with Crippen molar-refractivity contribution in [3.63, 3.8) is 0 Å². The van der Waals surface area contributed by atoms with E-state index in [1.165, 1.54) is 25.5 Å². The normalized spacial score (nSPS) is 19.2. The number of esters is 2. The second kappa shape index (κ2) is 10.7. The van der Waals surface area contributed by atoms with Crippen molar-refractivity contribution in [3.05, 3.63) is 78.3 Å². The van der Waals surface area contributed by atoms with Gasteiger partial charge >= 0.3 is 11.9 Å². The van der Waals surface area contributed by atoms with E-state index in [-0.39, 0.29) is 6.42 Å². The molecule has 1 fully saturated rings. The number of nitrogens with zero attached hydrogens (tertiary/aromatic N) is 1. The Hall–Kier alpha value is -3.98. The molecule has 0 unspecified atom stereocenters. The third-order valence-electron chi connectivity index (χ3n) is 6.47. The Morgan fingerprint density at radius 2 is 1.44 bits per heavy atom. The number of ether oxygens (including phenoxy) is 4. The molecule has 2 atom stereocenters. The van der Waals surface area contributed by atoms with Crippen molar-refractivity contribution < 1.29 is 37.8 Å². The number of benzene rings is 2. The van der Waals surface area contributed by atoms with Crippen LogP contribution in [0, 0.1) is 5.41 Å². The fraction of sp³-hybridized carbons (Fsp3) is 0.333. The number of anilines is 1. The van der Waals surface area contributed by atoms with Crippen LogP contribution in [0.15, 0.2) is 71.3 Å². The Morgan fingerprint density at radius 1 is 0.861 bits per heavy atom. The van der Waals surface area contributed by atoms with Gasteiger partial charge < -0.3 is 23.4 Å². The molecule has 9 heteroatoms. The molecule has 9 nitrogen and oxygen atoms in total. The molecule has 1 aliphatic rings. The van der Waals surface area contributed by atoms with E-state index in [2.05, 4.69) is 0 Å². The van der Waals surface area contributed by atoms with Crippen LogP contribution in [0.25, 0.3) is 0 Å². The van der Waals surface area contributed by atoms with Gasteiger partial charge in [0.15, 0.2) is 5.41 Å². The number of methoxy groups -OCH3 is 4. The van der Waals surface area contributed by atoms with Crippen LogP contribution in [0.2, 0.25) is 0 Å². The van der Waals surface area contributed by atoms with Gasteiger partial charge in [-0.3, -0.25) is 14.4 Å². The number of rotatable bonds is 7. The van der Waals surface area contributed by atoms with E-state index in [4.69, 9.17) is 28.2 Å². The highest BCUT2D eigenvalue weighted by Crippen LogP contribution is 2.51. The maximum absolute atomic E-state index is 13.5. The van der Waals surface area contributed by atoms with Gasteiger partial charge in [-0.2, -0.15) is 0 Å². The molecule has 1 saturated heterocycles. The van der Waals surface area contributed by atoms with Crippen LogP contribution in [-0.2, 0) is 23.9 Å². The average molecular weight is 496 g/mol. The highest BCUT2D eigenvalue weighted by molar-refractivity contribution is 6.01. The zero-order chi connectivity index (χ0) is 25.7. The average Bonchev–Trinajstić information content (AvgIpc) is 3.40. The monoisotopic (exact) mass is 495 g/mol. The van der Waals surface area contributed by atoms with Crippen molar-refractivity contribution in [3.8, 4) is 11.5 Å². The first-order valence-electron chi connectivity index (χ1n) is 11.4. The molecule has 36 heavy (non-hydrogen) atoms.